The molecule has 1 unspecified atom stereocenters. The number of hydrogen-bond acceptors (Lipinski definition) is 6. The molecule has 0 bridgehead atoms. The molecule has 1 saturated carbocycles. The van der Waals surface area contributed by atoms with Gasteiger partial charge < -0.3 is 20.8 Å². The fraction of sp³-hybridized carbons (Fsp3) is 0.560. The van der Waals surface area contributed by atoms with Crippen molar-refractivity contribution in [2.75, 3.05) is 5.32 Å². The summed E-state index contributed by atoms with van der Waals surface area (Å²) < 4.78 is 16.6. The number of rotatable bonds is 11. The third-order valence-corrected chi connectivity index (χ3v) is 6.72. The second-order valence-corrected chi connectivity index (χ2v) is 9.22. The van der Waals surface area contributed by atoms with E-state index in [0.29, 0.717) is 18.4 Å². The number of carboxylic acids is 2. The van der Waals surface area contributed by atoms with E-state index < -0.39 is 47.2 Å². The summed E-state index contributed by atoms with van der Waals surface area (Å²) in [5.74, 6) is -4.33. The standard InChI is InChI=1S/C25H33FN4O6/c1-3-15(4-2)30-20-13-19(27-14-8-6-5-7-9-14)17(26)12-16(20)23(33)22(29-30)24(34)28-18(25(35)36)10-11-21(31)32/h12-15,18,27H,3-11H2,1-2H3,(H,28,34)(H,31,32)(H,35,36). The lowest BCUT2D eigenvalue weighted by atomic mass is 9.95. The van der Waals surface area contributed by atoms with Crippen LogP contribution in [0.2, 0.25) is 0 Å². The van der Waals surface area contributed by atoms with E-state index in [9.17, 15) is 24.3 Å². The number of nitrogens with zero attached hydrogens (tertiary/aromatic N) is 2. The highest BCUT2D eigenvalue weighted by Crippen LogP contribution is 2.28. The molecule has 0 radical (unpaired) electrons. The fourth-order valence-electron chi connectivity index (χ4n) is 4.66. The zero-order valence-corrected chi connectivity index (χ0v) is 20.6. The Bertz CT molecular complexity index is 1190. The van der Waals surface area contributed by atoms with Gasteiger partial charge in [-0.1, -0.05) is 33.1 Å². The number of nitrogens with one attached hydrogen (secondary N) is 2. The minimum absolute atomic E-state index is 0.0360. The van der Waals surface area contributed by atoms with E-state index in [4.69, 9.17) is 5.11 Å². The molecule has 11 heteroatoms. The molecule has 0 saturated heterocycles. The molecule has 10 nitrogen and oxygen atoms in total. The largest absolute Gasteiger partial charge is 0.481 e. The van der Waals surface area contributed by atoms with Crippen LogP contribution in [0.3, 0.4) is 0 Å². The monoisotopic (exact) mass is 504 g/mol. The SMILES string of the molecule is CCC(CC)n1nc(C(=O)NC(CCC(=O)O)C(=O)O)c(=O)c2cc(F)c(NC3CCCCC3)cc21. The lowest BCUT2D eigenvalue weighted by Crippen LogP contribution is -2.43. The quantitative estimate of drug-likeness (QED) is 0.362. The van der Waals surface area contributed by atoms with Gasteiger partial charge in [-0.15, -0.1) is 0 Å². The number of hydrogen-bond donors (Lipinski definition) is 4. The topological polar surface area (TPSA) is 151 Å². The maximum Gasteiger partial charge on any atom is 0.326 e. The van der Waals surface area contributed by atoms with E-state index in [0.717, 1.165) is 38.2 Å². The average Bonchev–Trinajstić information content (AvgIpc) is 2.84. The number of carbonyl (C=O) groups is 3. The molecule has 1 aliphatic rings. The molecule has 0 aliphatic heterocycles. The normalized spacial score (nSPS) is 15.1. The van der Waals surface area contributed by atoms with Crippen molar-refractivity contribution in [3.63, 3.8) is 0 Å². The Morgan fingerprint density at radius 1 is 1.14 bits per heavy atom. The maximum atomic E-state index is 15.1. The molecule has 1 fully saturated rings. The van der Waals surface area contributed by atoms with Gasteiger partial charge in [-0.2, -0.15) is 5.10 Å². The lowest BCUT2D eigenvalue weighted by Gasteiger charge is -2.25. The molecule has 1 amide bonds. The van der Waals surface area contributed by atoms with Gasteiger partial charge in [-0.05, 0) is 44.2 Å². The first-order valence-electron chi connectivity index (χ1n) is 12.4. The van der Waals surface area contributed by atoms with E-state index in [1.807, 2.05) is 13.8 Å². The van der Waals surface area contributed by atoms with Gasteiger partial charge in [0.05, 0.1) is 22.6 Å². The predicted molar refractivity (Wildman–Crippen MR) is 132 cm³/mol. The van der Waals surface area contributed by atoms with E-state index in [-0.39, 0.29) is 29.6 Å². The van der Waals surface area contributed by atoms with Gasteiger partial charge in [0.15, 0.2) is 5.69 Å². The fourth-order valence-corrected chi connectivity index (χ4v) is 4.66. The highest BCUT2D eigenvalue weighted by atomic mass is 19.1. The van der Waals surface area contributed by atoms with E-state index in [1.54, 1.807) is 6.07 Å². The highest BCUT2D eigenvalue weighted by Gasteiger charge is 2.27. The van der Waals surface area contributed by atoms with Gasteiger partial charge in [0.25, 0.3) is 5.91 Å². The van der Waals surface area contributed by atoms with Gasteiger partial charge in [-0.3, -0.25) is 19.1 Å². The summed E-state index contributed by atoms with van der Waals surface area (Å²) in [5.41, 5.74) is -0.740. The summed E-state index contributed by atoms with van der Waals surface area (Å²) in [7, 11) is 0. The zero-order chi connectivity index (χ0) is 26.4. The van der Waals surface area contributed by atoms with Crippen LogP contribution in [0.25, 0.3) is 10.9 Å². The molecule has 3 rings (SSSR count). The molecule has 1 aliphatic carbocycles. The van der Waals surface area contributed by atoms with E-state index in [1.165, 1.54) is 4.68 Å². The third kappa shape index (κ3) is 6.19. The van der Waals surface area contributed by atoms with E-state index in [2.05, 4.69) is 15.7 Å². The van der Waals surface area contributed by atoms with Crippen LogP contribution in [0.15, 0.2) is 16.9 Å². The Hall–Kier alpha value is -3.50. The highest BCUT2D eigenvalue weighted by molar-refractivity contribution is 5.97. The maximum absolute atomic E-state index is 15.1. The third-order valence-electron chi connectivity index (χ3n) is 6.72. The summed E-state index contributed by atoms with van der Waals surface area (Å²) in [6, 6.07) is 1.07. The first-order valence-corrected chi connectivity index (χ1v) is 12.4. The molecule has 1 aromatic carbocycles. The van der Waals surface area contributed by atoms with Crippen LogP contribution in [0, 0.1) is 5.82 Å². The van der Waals surface area contributed by atoms with Crippen LogP contribution in [-0.2, 0) is 9.59 Å². The second kappa shape index (κ2) is 12.0. The van der Waals surface area contributed by atoms with Crippen LogP contribution in [0.1, 0.15) is 88.2 Å². The van der Waals surface area contributed by atoms with Crippen molar-refractivity contribution in [3.05, 3.63) is 33.9 Å². The molecule has 1 heterocycles. The Labute approximate surface area is 207 Å². The first kappa shape index (κ1) is 27.1. The Kier molecular flexibility index (Phi) is 9.00. The molecule has 36 heavy (non-hydrogen) atoms. The molecule has 1 atom stereocenters. The molecular weight excluding hydrogens is 471 g/mol. The molecular formula is C25H33FN4O6. The minimum atomic E-state index is -1.52. The Morgan fingerprint density at radius 2 is 1.81 bits per heavy atom. The summed E-state index contributed by atoms with van der Waals surface area (Å²) in [4.78, 5) is 48.5. The van der Waals surface area contributed by atoms with Crippen molar-refractivity contribution in [1.29, 1.82) is 0 Å². The van der Waals surface area contributed by atoms with Crippen LogP contribution in [0.5, 0.6) is 0 Å². The number of aliphatic carboxylic acids is 2. The van der Waals surface area contributed by atoms with Crippen molar-refractivity contribution in [2.24, 2.45) is 0 Å². The van der Waals surface area contributed by atoms with Crippen LogP contribution in [0.4, 0.5) is 10.1 Å². The van der Waals surface area contributed by atoms with Crippen LogP contribution in [-0.4, -0.2) is 49.9 Å². The van der Waals surface area contributed by atoms with Crippen molar-refractivity contribution in [1.82, 2.24) is 15.1 Å². The summed E-state index contributed by atoms with van der Waals surface area (Å²) in [6.07, 6.45) is 5.55. The number of carbonyl (C=O) groups excluding carboxylic acids is 1. The molecule has 196 valence electrons. The van der Waals surface area contributed by atoms with Crippen molar-refractivity contribution in [2.45, 2.75) is 89.8 Å². The predicted octanol–water partition coefficient (Wildman–Crippen LogP) is 3.69. The van der Waals surface area contributed by atoms with E-state index >= 15 is 4.39 Å². The molecule has 1 aromatic heterocycles. The van der Waals surface area contributed by atoms with Gasteiger partial charge in [0, 0.05) is 12.5 Å². The summed E-state index contributed by atoms with van der Waals surface area (Å²) in [6.45, 7) is 3.85. The first-order chi connectivity index (χ1) is 17.2. The summed E-state index contributed by atoms with van der Waals surface area (Å²) >= 11 is 0. The number of halogens is 1. The minimum Gasteiger partial charge on any atom is -0.481 e. The molecule has 2 aromatic rings. The zero-order valence-electron chi connectivity index (χ0n) is 20.6. The number of benzene rings is 1. The smallest absolute Gasteiger partial charge is 0.326 e. The van der Waals surface area contributed by atoms with Crippen LogP contribution >= 0.6 is 0 Å². The Morgan fingerprint density at radius 3 is 2.39 bits per heavy atom. The lowest BCUT2D eigenvalue weighted by molar-refractivity contribution is -0.140. The second-order valence-electron chi connectivity index (χ2n) is 9.22. The van der Waals surface area contributed by atoms with Crippen molar-refractivity contribution < 1.29 is 29.0 Å². The number of carboxylic acid groups (broad SMARTS) is 2. The van der Waals surface area contributed by atoms with Crippen molar-refractivity contribution in [3.8, 4) is 0 Å². The number of fused-ring (bicyclic) bond motifs is 1. The van der Waals surface area contributed by atoms with Gasteiger partial charge in [0.1, 0.15) is 11.9 Å². The van der Waals surface area contributed by atoms with Gasteiger partial charge in [0.2, 0.25) is 5.43 Å². The van der Waals surface area contributed by atoms with Gasteiger partial charge in [-0.25, -0.2) is 9.18 Å². The van der Waals surface area contributed by atoms with Crippen molar-refractivity contribution >= 4 is 34.4 Å². The van der Waals surface area contributed by atoms with Crippen LogP contribution < -0.4 is 16.1 Å². The molecule has 4 N–H and O–H groups in total. The Balaban J connectivity index is 2.06. The number of aromatic nitrogens is 2. The average molecular weight is 505 g/mol. The summed E-state index contributed by atoms with van der Waals surface area (Å²) in [5, 5.41) is 27.9. The molecule has 0 spiro atoms. The van der Waals surface area contributed by atoms with Gasteiger partial charge >= 0.3 is 11.9 Å². The number of anilines is 1. The number of amides is 1.